The fourth-order valence-corrected chi connectivity index (χ4v) is 1.55. The molecule has 0 radical (unpaired) electrons. The van der Waals surface area contributed by atoms with E-state index in [1.54, 1.807) is 6.20 Å². The Labute approximate surface area is 101 Å². The summed E-state index contributed by atoms with van der Waals surface area (Å²) in [6, 6.07) is 11.9. The Hall–Kier alpha value is -1.87. The molecule has 3 heteroatoms. The second-order valence-electron chi connectivity index (χ2n) is 3.90. The summed E-state index contributed by atoms with van der Waals surface area (Å²) < 4.78 is 5.70. The molecule has 0 aliphatic carbocycles. The van der Waals surface area contributed by atoms with Crippen molar-refractivity contribution in [3.8, 4) is 5.75 Å². The van der Waals surface area contributed by atoms with E-state index in [1.165, 1.54) is 0 Å². The smallest absolute Gasteiger partial charge is 0.141 e. The van der Waals surface area contributed by atoms with Gasteiger partial charge in [-0.15, -0.1) is 0 Å². The van der Waals surface area contributed by atoms with Crippen LogP contribution in [0.4, 0.5) is 0 Å². The highest BCUT2D eigenvalue weighted by Crippen LogP contribution is 2.15. The van der Waals surface area contributed by atoms with Crippen molar-refractivity contribution in [3.63, 3.8) is 0 Å². The molecule has 2 rings (SSSR count). The molecule has 1 aromatic carbocycles. The minimum Gasteiger partial charge on any atom is -0.487 e. The van der Waals surface area contributed by atoms with Crippen LogP contribution in [0, 0.1) is 6.92 Å². The molecule has 1 aromatic heterocycles. The number of ether oxygens (including phenoxy) is 1. The SMILES string of the molecule is Cc1ncccc1OCc1ccc(CN)cc1. The fourth-order valence-electron chi connectivity index (χ4n) is 1.55. The molecule has 1 heterocycles. The Kier molecular flexibility index (Phi) is 3.73. The van der Waals surface area contributed by atoms with Gasteiger partial charge in [-0.05, 0) is 30.2 Å². The largest absolute Gasteiger partial charge is 0.487 e. The first-order chi connectivity index (χ1) is 8.29. The van der Waals surface area contributed by atoms with Crippen LogP contribution in [0.3, 0.4) is 0 Å². The summed E-state index contributed by atoms with van der Waals surface area (Å²) in [6.07, 6.45) is 1.76. The molecule has 0 saturated carbocycles. The quantitative estimate of drug-likeness (QED) is 0.874. The third-order valence-corrected chi connectivity index (χ3v) is 2.61. The molecule has 0 fully saturated rings. The van der Waals surface area contributed by atoms with Gasteiger partial charge in [0, 0.05) is 12.7 Å². The molecule has 0 aliphatic heterocycles. The lowest BCUT2D eigenvalue weighted by atomic mass is 10.1. The number of aromatic nitrogens is 1. The first-order valence-electron chi connectivity index (χ1n) is 5.62. The third-order valence-electron chi connectivity index (χ3n) is 2.61. The minimum atomic E-state index is 0.553. The molecule has 2 N–H and O–H groups in total. The van der Waals surface area contributed by atoms with Crippen molar-refractivity contribution >= 4 is 0 Å². The molecule has 0 saturated heterocycles. The van der Waals surface area contributed by atoms with Crippen LogP contribution < -0.4 is 10.5 Å². The van der Waals surface area contributed by atoms with Gasteiger partial charge < -0.3 is 10.5 Å². The fraction of sp³-hybridized carbons (Fsp3) is 0.214. The lowest BCUT2D eigenvalue weighted by Crippen LogP contribution is -1.99. The van der Waals surface area contributed by atoms with Gasteiger partial charge in [-0.2, -0.15) is 0 Å². The molecule has 17 heavy (non-hydrogen) atoms. The van der Waals surface area contributed by atoms with E-state index in [1.807, 2.05) is 43.3 Å². The van der Waals surface area contributed by atoms with Crippen molar-refractivity contribution in [2.24, 2.45) is 5.73 Å². The Morgan fingerprint density at radius 2 is 1.82 bits per heavy atom. The maximum absolute atomic E-state index is 5.70. The highest BCUT2D eigenvalue weighted by Gasteiger charge is 2.00. The molecule has 0 amide bonds. The molecule has 0 aliphatic rings. The summed E-state index contributed by atoms with van der Waals surface area (Å²) >= 11 is 0. The van der Waals surface area contributed by atoms with Gasteiger partial charge >= 0.3 is 0 Å². The number of benzene rings is 1. The highest BCUT2D eigenvalue weighted by atomic mass is 16.5. The van der Waals surface area contributed by atoms with E-state index >= 15 is 0 Å². The van der Waals surface area contributed by atoms with Crippen LogP contribution in [-0.2, 0) is 13.2 Å². The molecule has 88 valence electrons. The third kappa shape index (κ3) is 3.04. The van der Waals surface area contributed by atoms with Crippen molar-refractivity contribution in [1.82, 2.24) is 4.98 Å². The summed E-state index contributed by atoms with van der Waals surface area (Å²) in [6.45, 7) is 3.06. The van der Waals surface area contributed by atoms with Crippen LogP contribution in [-0.4, -0.2) is 4.98 Å². The van der Waals surface area contributed by atoms with E-state index in [-0.39, 0.29) is 0 Å². The molecule has 0 spiro atoms. The molecule has 3 nitrogen and oxygen atoms in total. The number of aryl methyl sites for hydroxylation is 1. The van der Waals surface area contributed by atoms with E-state index in [0.717, 1.165) is 22.6 Å². The number of hydrogen-bond acceptors (Lipinski definition) is 3. The summed E-state index contributed by atoms with van der Waals surface area (Å²) in [5.41, 5.74) is 8.71. The molecule has 0 atom stereocenters. The summed E-state index contributed by atoms with van der Waals surface area (Å²) in [7, 11) is 0. The van der Waals surface area contributed by atoms with Crippen molar-refractivity contribution in [2.45, 2.75) is 20.1 Å². The number of nitrogens with zero attached hydrogens (tertiary/aromatic N) is 1. The lowest BCUT2D eigenvalue weighted by Gasteiger charge is -2.08. The van der Waals surface area contributed by atoms with Gasteiger partial charge in [-0.3, -0.25) is 4.98 Å². The van der Waals surface area contributed by atoms with Gasteiger partial charge in [0.05, 0.1) is 5.69 Å². The van der Waals surface area contributed by atoms with E-state index < -0.39 is 0 Å². The van der Waals surface area contributed by atoms with Gasteiger partial charge in [-0.1, -0.05) is 24.3 Å². The monoisotopic (exact) mass is 228 g/mol. The van der Waals surface area contributed by atoms with Crippen molar-refractivity contribution in [3.05, 3.63) is 59.4 Å². The molecular formula is C14H16N2O. The van der Waals surface area contributed by atoms with E-state index in [0.29, 0.717) is 13.2 Å². The van der Waals surface area contributed by atoms with Gasteiger partial charge in [0.2, 0.25) is 0 Å². The number of hydrogen-bond donors (Lipinski definition) is 1. The van der Waals surface area contributed by atoms with Crippen LogP contribution in [0.5, 0.6) is 5.75 Å². The maximum atomic E-state index is 5.70. The van der Waals surface area contributed by atoms with E-state index in [2.05, 4.69) is 4.98 Å². The van der Waals surface area contributed by atoms with Crippen molar-refractivity contribution in [2.75, 3.05) is 0 Å². The Morgan fingerprint density at radius 1 is 1.12 bits per heavy atom. The van der Waals surface area contributed by atoms with E-state index in [4.69, 9.17) is 10.5 Å². The predicted molar refractivity (Wildman–Crippen MR) is 67.6 cm³/mol. The first-order valence-corrected chi connectivity index (χ1v) is 5.62. The number of rotatable bonds is 4. The average Bonchev–Trinajstić information content (AvgIpc) is 2.38. The van der Waals surface area contributed by atoms with E-state index in [9.17, 15) is 0 Å². The average molecular weight is 228 g/mol. The standard InChI is InChI=1S/C14H16N2O/c1-11-14(3-2-8-16-11)17-10-13-6-4-12(9-15)5-7-13/h2-8H,9-10,15H2,1H3. The number of pyridine rings is 1. The topological polar surface area (TPSA) is 48.1 Å². The van der Waals surface area contributed by atoms with Gasteiger partial charge in [-0.25, -0.2) is 0 Å². The van der Waals surface area contributed by atoms with Gasteiger partial charge in [0.15, 0.2) is 0 Å². The van der Waals surface area contributed by atoms with Crippen LogP contribution in [0.15, 0.2) is 42.6 Å². The molecule has 2 aromatic rings. The second-order valence-corrected chi connectivity index (χ2v) is 3.90. The molecule has 0 bridgehead atoms. The van der Waals surface area contributed by atoms with Crippen LogP contribution in [0.2, 0.25) is 0 Å². The Bertz CT molecular complexity index is 480. The van der Waals surface area contributed by atoms with Crippen LogP contribution in [0.25, 0.3) is 0 Å². The van der Waals surface area contributed by atoms with Crippen molar-refractivity contribution in [1.29, 1.82) is 0 Å². The first kappa shape index (κ1) is 11.6. The van der Waals surface area contributed by atoms with Gasteiger partial charge in [0.1, 0.15) is 12.4 Å². The zero-order chi connectivity index (χ0) is 12.1. The predicted octanol–water partition coefficient (Wildman–Crippen LogP) is 2.43. The lowest BCUT2D eigenvalue weighted by molar-refractivity contribution is 0.302. The normalized spacial score (nSPS) is 10.2. The van der Waals surface area contributed by atoms with Crippen LogP contribution in [0.1, 0.15) is 16.8 Å². The summed E-state index contributed by atoms with van der Waals surface area (Å²) in [5, 5.41) is 0. The zero-order valence-electron chi connectivity index (χ0n) is 9.89. The number of nitrogens with two attached hydrogens (primary N) is 1. The van der Waals surface area contributed by atoms with Crippen molar-refractivity contribution < 1.29 is 4.74 Å². The molecule has 0 unspecified atom stereocenters. The molecular weight excluding hydrogens is 212 g/mol. The summed E-state index contributed by atoms with van der Waals surface area (Å²) in [5.74, 6) is 0.829. The second kappa shape index (κ2) is 5.46. The zero-order valence-corrected chi connectivity index (χ0v) is 9.89. The Balaban J connectivity index is 2.00. The summed E-state index contributed by atoms with van der Waals surface area (Å²) in [4.78, 5) is 4.18. The Morgan fingerprint density at radius 3 is 2.47 bits per heavy atom. The van der Waals surface area contributed by atoms with Gasteiger partial charge in [0.25, 0.3) is 0 Å². The minimum absolute atomic E-state index is 0.553. The highest BCUT2D eigenvalue weighted by molar-refractivity contribution is 5.27. The maximum Gasteiger partial charge on any atom is 0.141 e. The van der Waals surface area contributed by atoms with Crippen LogP contribution >= 0.6 is 0 Å².